The van der Waals surface area contributed by atoms with E-state index in [2.05, 4.69) is 96.2 Å². The van der Waals surface area contributed by atoms with Gasteiger partial charge in [-0.1, -0.05) is 77.9 Å². The van der Waals surface area contributed by atoms with Crippen molar-refractivity contribution in [1.82, 2.24) is 9.38 Å². The van der Waals surface area contributed by atoms with Crippen LogP contribution in [0.25, 0.3) is 27.3 Å². The van der Waals surface area contributed by atoms with Crippen LogP contribution in [-0.4, -0.2) is 9.38 Å². The van der Waals surface area contributed by atoms with Gasteiger partial charge in [-0.3, -0.25) is 4.40 Å². The van der Waals surface area contributed by atoms with Gasteiger partial charge in [0.25, 0.3) is 0 Å². The number of aromatic nitrogens is 2. The van der Waals surface area contributed by atoms with Crippen LogP contribution < -0.4 is 0 Å². The number of benzene rings is 2. The van der Waals surface area contributed by atoms with E-state index >= 15 is 0 Å². The lowest BCUT2D eigenvalue weighted by Crippen LogP contribution is -2.49. The van der Waals surface area contributed by atoms with Gasteiger partial charge < -0.3 is 0 Å². The molecule has 0 aliphatic carbocycles. The zero-order chi connectivity index (χ0) is 20.2. The van der Waals surface area contributed by atoms with Crippen molar-refractivity contribution in [2.45, 2.75) is 66.2 Å². The first-order chi connectivity index (χ1) is 13.0. The summed E-state index contributed by atoms with van der Waals surface area (Å²) < 4.78 is 2.51. The molecule has 2 aromatic carbocycles. The summed E-state index contributed by atoms with van der Waals surface area (Å²) in [7, 11) is 0. The van der Waals surface area contributed by atoms with Crippen LogP contribution >= 0.6 is 0 Å². The summed E-state index contributed by atoms with van der Waals surface area (Å²) in [5.41, 5.74) is 7.73. The third kappa shape index (κ3) is 1.73. The summed E-state index contributed by atoms with van der Waals surface area (Å²) in [4.78, 5) is 5.14. The minimum absolute atomic E-state index is 0.00327. The summed E-state index contributed by atoms with van der Waals surface area (Å²) in [5.74, 6) is 0. The number of pyridine rings is 1. The van der Waals surface area contributed by atoms with Crippen molar-refractivity contribution in [2.24, 2.45) is 5.41 Å². The van der Waals surface area contributed by atoms with Crippen molar-refractivity contribution in [1.29, 1.82) is 0 Å². The molecule has 3 heterocycles. The minimum atomic E-state index is -0.0394. The van der Waals surface area contributed by atoms with Crippen LogP contribution in [0.3, 0.4) is 0 Å². The summed E-state index contributed by atoms with van der Waals surface area (Å²) in [5, 5.41) is 3.94. The molecule has 144 valence electrons. The van der Waals surface area contributed by atoms with Gasteiger partial charge in [0.05, 0.1) is 16.9 Å². The van der Waals surface area contributed by atoms with Gasteiger partial charge in [0.15, 0.2) is 0 Å². The van der Waals surface area contributed by atoms with Crippen LogP contribution in [0.4, 0.5) is 0 Å². The molecular formula is C26H30N2. The van der Waals surface area contributed by atoms with Gasteiger partial charge in [-0.25, -0.2) is 4.98 Å². The molecular weight excluding hydrogens is 340 g/mol. The van der Waals surface area contributed by atoms with Gasteiger partial charge in [0, 0.05) is 16.2 Å². The van der Waals surface area contributed by atoms with Gasteiger partial charge in [0.1, 0.15) is 5.65 Å². The van der Waals surface area contributed by atoms with E-state index in [1.165, 1.54) is 38.5 Å². The van der Waals surface area contributed by atoms with Gasteiger partial charge in [0.2, 0.25) is 0 Å². The molecule has 0 bridgehead atoms. The van der Waals surface area contributed by atoms with E-state index < -0.39 is 0 Å². The van der Waals surface area contributed by atoms with Crippen LogP contribution in [0.5, 0.6) is 0 Å². The molecule has 2 aromatic heterocycles. The molecule has 2 nitrogen and oxygen atoms in total. The van der Waals surface area contributed by atoms with Gasteiger partial charge in [-0.15, -0.1) is 0 Å². The number of hydrogen-bond donors (Lipinski definition) is 0. The molecule has 0 saturated carbocycles. The highest BCUT2D eigenvalue weighted by Gasteiger charge is 2.53. The van der Waals surface area contributed by atoms with Crippen molar-refractivity contribution in [3.05, 3.63) is 58.9 Å². The van der Waals surface area contributed by atoms with Crippen LogP contribution in [0.1, 0.15) is 64.1 Å². The molecule has 0 radical (unpaired) electrons. The Bertz CT molecular complexity index is 1300. The largest absolute Gasteiger partial charge is 0.295 e. The minimum Gasteiger partial charge on any atom is -0.295 e. The number of nitrogens with zero attached hydrogens (tertiary/aromatic N) is 2. The van der Waals surface area contributed by atoms with Gasteiger partial charge >= 0.3 is 0 Å². The predicted molar refractivity (Wildman–Crippen MR) is 120 cm³/mol. The molecule has 0 amide bonds. The number of imidazole rings is 1. The Morgan fingerprint density at radius 2 is 1.43 bits per heavy atom. The Morgan fingerprint density at radius 1 is 0.786 bits per heavy atom. The van der Waals surface area contributed by atoms with E-state index in [1.807, 2.05) is 0 Å². The summed E-state index contributed by atoms with van der Waals surface area (Å²) in [6.45, 7) is 19.0. The quantitative estimate of drug-likeness (QED) is 0.309. The van der Waals surface area contributed by atoms with Crippen molar-refractivity contribution in [2.75, 3.05) is 0 Å². The molecule has 0 spiro atoms. The monoisotopic (exact) mass is 370 g/mol. The fraction of sp³-hybridized carbons (Fsp3) is 0.423. The second-order valence-electron chi connectivity index (χ2n) is 10.3. The zero-order valence-electron chi connectivity index (χ0n) is 18.4. The maximum Gasteiger partial charge on any atom is 0.145 e. The lowest BCUT2D eigenvalue weighted by molar-refractivity contribution is 0.0919. The van der Waals surface area contributed by atoms with Crippen molar-refractivity contribution >= 4 is 27.3 Å². The van der Waals surface area contributed by atoms with Crippen LogP contribution in [0.2, 0.25) is 0 Å². The average Bonchev–Trinajstić information content (AvgIpc) is 2.97. The summed E-state index contributed by atoms with van der Waals surface area (Å²) >= 11 is 0. The van der Waals surface area contributed by atoms with Crippen LogP contribution in [-0.2, 0) is 10.8 Å². The number of hydrogen-bond acceptors (Lipinski definition) is 1. The van der Waals surface area contributed by atoms with Gasteiger partial charge in [-0.05, 0) is 41.2 Å². The van der Waals surface area contributed by atoms with Crippen molar-refractivity contribution < 1.29 is 0 Å². The normalized spacial score (nSPS) is 19.6. The molecule has 2 heteroatoms. The van der Waals surface area contributed by atoms with Gasteiger partial charge in [-0.2, -0.15) is 0 Å². The molecule has 4 aromatic rings. The second-order valence-corrected chi connectivity index (χ2v) is 10.3. The Kier molecular flexibility index (Phi) is 3.15. The van der Waals surface area contributed by atoms with E-state index in [-0.39, 0.29) is 16.2 Å². The maximum atomic E-state index is 5.14. The standard InChI is InChI=1S/C26H30N2/c1-15-13-14-19-21-20(15)17-11-9-10-12-18(17)23-27-16(2)22(28(21)23)25(5,6)26(7,8)24(19,3)4/h9-14H,1-8H3. The number of aryl methyl sites for hydroxylation is 2. The lowest BCUT2D eigenvalue weighted by atomic mass is 9.52. The Balaban J connectivity index is 2.24. The van der Waals surface area contributed by atoms with E-state index in [4.69, 9.17) is 4.98 Å². The fourth-order valence-electron chi connectivity index (χ4n) is 5.74. The van der Waals surface area contributed by atoms with Crippen LogP contribution in [0.15, 0.2) is 36.4 Å². The summed E-state index contributed by atoms with van der Waals surface area (Å²) in [6.07, 6.45) is 0. The third-order valence-electron chi connectivity index (χ3n) is 8.49. The molecule has 1 aliphatic rings. The number of rotatable bonds is 0. The fourth-order valence-corrected chi connectivity index (χ4v) is 5.74. The Labute approximate surface area is 167 Å². The highest BCUT2D eigenvalue weighted by molar-refractivity contribution is 6.14. The molecule has 0 saturated heterocycles. The Hall–Kier alpha value is -2.35. The first-order valence-electron chi connectivity index (χ1n) is 10.4. The first-order valence-corrected chi connectivity index (χ1v) is 10.4. The molecule has 0 unspecified atom stereocenters. The smallest absolute Gasteiger partial charge is 0.145 e. The predicted octanol–water partition coefficient (Wildman–Crippen LogP) is 6.85. The highest BCUT2D eigenvalue weighted by Crippen LogP contribution is 2.58. The van der Waals surface area contributed by atoms with E-state index in [0.29, 0.717) is 0 Å². The molecule has 5 rings (SSSR count). The molecule has 0 fully saturated rings. The highest BCUT2D eigenvalue weighted by atomic mass is 15.1. The molecule has 0 atom stereocenters. The zero-order valence-corrected chi connectivity index (χ0v) is 18.4. The van der Waals surface area contributed by atoms with E-state index in [9.17, 15) is 0 Å². The molecule has 28 heavy (non-hydrogen) atoms. The van der Waals surface area contributed by atoms with E-state index in [0.717, 1.165) is 11.3 Å². The Morgan fingerprint density at radius 3 is 2.11 bits per heavy atom. The first kappa shape index (κ1) is 17.7. The average molecular weight is 371 g/mol. The maximum absolute atomic E-state index is 5.14. The van der Waals surface area contributed by atoms with Crippen molar-refractivity contribution in [3.8, 4) is 0 Å². The topological polar surface area (TPSA) is 17.3 Å². The van der Waals surface area contributed by atoms with Crippen molar-refractivity contribution in [3.63, 3.8) is 0 Å². The lowest BCUT2D eigenvalue weighted by Gasteiger charge is -2.51. The molecule has 0 N–H and O–H groups in total. The third-order valence-corrected chi connectivity index (χ3v) is 8.49. The SMILES string of the molecule is Cc1nc2c3ccccc3c3c(C)ccc4c3n2c1C(C)(C)C(C)(C)C4(C)C. The second kappa shape index (κ2) is 4.97. The van der Waals surface area contributed by atoms with Crippen LogP contribution in [0, 0.1) is 19.3 Å². The van der Waals surface area contributed by atoms with E-state index in [1.54, 1.807) is 0 Å². The molecule has 1 aliphatic heterocycles. The number of fused-ring (bicyclic) bond motifs is 3. The summed E-state index contributed by atoms with van der Waals surface area (Å²) in [6, 6.07) is 13.5.